The number of non-ortho nitro benzene ring substituents is 1. The second-order valence-electron chi connectivity index (χ2n) is 4.50. The molecule has 1 heterocycles. The topological polar surface area (TPSA) is 90.9 Å². The number of hydrogen-bond donors (Lipinski definition) is 0. The van der Waals surface area contributed by atoms with Gasteiger partial charge in [-0.1, -0.05) is 41.6 Å². The number of hydrogen-bond acceptors (Lipinski definition) is 5. The molecule has 0 amide bonds. The van der Waals surface area contributed by atoms with Crippen LogP contribution in [-0.4, -0.2) is 26.2 Å². The van der Waals surface area contributed by atoms with E-state index in [9.17, 15) is 14.9 Å². The van der Waals surface area contributed by atoms with E-state index in [1.807, 2.05) is 30.3 Å². The van der Waals surface area contributed by atoms with Gasteiger partial charge in [0.1, 0.15) is 5.69 Å². The molecule has 0 aliphatic rings. The summed E-state index contributed by atoms with van der Waals surface area (Å²) in [6, 6.07) is 15.2. The number of rotatable bonds is 4. The average molecular weight is 294 g/mol. The summed E-state index contributed by atoms with van der Waals surface area (Å²) in [7, 11) is 0. The Labute approximate surface area is 125 Å². The molecule has 7 heteroatoms. The maximum Gasteiger partial charge on any atom is 0.271 e. The number of carbonyl (C=O) groups excluding carboxylic acids is 1. The molecule has 7 nitrogen and oxygen atoms in total. The molecule has 2 aromatic carbocycles. The minimum atomic E-state index is -0.483. The van der Waals surface area contributed by atoms with Gasteiger partial charge in [-0.05, 0) is 6.07 Å². The number of benzene rings is 2. The van der Waals surface area contributed by atoms with E-state index < -0.39 is 4.92 Å². The highest BCUT2D eigenvalue weighted by atomic mass is 16.6. The van der Waals surface area contributed by atoms with E-state index in [1.165, 1.54) is 16.8 Å². The third-order valence-corrected chi connectivity index (χ3v) is 3.14. The second-order valence-corrected chi connectivity index (χ2v) is 4.50. The van der Waals surface area contributed by atoms with Crippen LogP contribution in [0.3, 0.4) is 0 Å². The molecule has 108 valence electrons. The monoisotopic (exact) mass is 294 g/mol. The van der Waals surface area contributed by atoms with Gasteiger partial charge in [-0.15, -0.1) is 5.10 Å². The van der Waals surface area contributed by atoms with Gasteiger partial charge in [0.2, 0.25) is 0 Å². The first-order valence-corrected chi connectivity index (χ1v) is 6.42. The van der Waals surface area contributed by atoms with Crippen LogP contribution in [0.2, 0.25) is 0 Å². The van der Waals surface area contributed by atoms with Crippen molar-refractivity contribution >= 4 is 12.0 Å². The van der Waals surface area contributed by atoms with Gasteiger partial charge in [0, 0.05) is 17.7 Å². The number of carbonyl (C=O) groups is 1. The van der Waals surface area contributed by atoms with Crippen LogP contribution in [0.1, 0.15) is 10.5 Å². The fourth-order valence-electron chi connectivity index (χ4n) is 2.16. The molecule has 0 aliphatic heterocycles. The summed E-state index contributed by atoms with van der Waals surface area (Å²) < 4.78 is 1.42. The van der Waals surface area contributed by atoms with Crippen LogP contribution in [0.15, 0.2) is 54.6 Å². The minimum Gasteiger partial charge on any atom is -0.296 e. The zero-order valence-electron chi connectivity index (χ0n) is 11.3. The average Bonchev–Trinajstić information content (AvgIpc) is 2.99. The number of nitro benzene ring substituents is 1. The van der Waals surface area contributed by atoms with Crippen molar-refractivity contribution in [2.75, 3.05) is 0 Å². The van der Waals surface area contributed by atoms with Gasteiger partial charge in [-0.3, -0.25) is 14.9 Å². The summed E-state index contributed by atoms with van der Waals surface area (Å²) in [5, 5.41) is 18.7. The Hall–Kier alpha value is -3.35. The summed E-state index contributed by atoms with van der Waals surface area (Å²) in [5.74, 6) is 0. The van der Waals surface area contributed by atoms with Crippen LogP contribution in [-0.2, 0) is 0 Å². The first-order valence-electron chi connectivity index (χ1n) is 6.42. The summed E-state index contributed by atoms with van der Waals surface area (Å²) >= 11 is 0. The predicted molar refractivity (Wildman–Crippen MR) is 78.8 cm³/mol. The highest BCUT2D eigenvalue weighted by Gasteiger charge is 2.17. The highest BCUT2D eigenvalue weighted by Crippen LogP contribution is 2.25. The normalized spacial score (nSPS) is 10.4. The Morgan fingerprint density at radius 2 is 1.86 bits per heavy atom. The molecule has 0 N–H and O–H groups in total. The Bertz CT molecular complexity index is 843. The first kappa shape index (κ1) is 13.6. The molecule has 3 rings (SSSR count). The molecule has 0 saturated heterocycles. The smallest absolute Gasteiger partial charge is 0.271 e. The summed E-state index contributed by atoms with van der Waals surface area (Å²) in [6.07, 6.45) is 0.614. The Morgan fingerprint density at radius 3 is 2.55 bits per heavy atom. The molecule has 0 fully saturated rings. The molecule has 0 saturated carbocycles. The van der Waals surface area contributed by atoms with Crippen molar-refractivity contribution in [2.45, 2.75) is 0 Å². The standard InChI is InChI=1S/C15H10N4O3/c20-10-14-15(11-5-2-1-3-6-11)18(17-16-14)12-7-4-8-13(9-12)19(21)22/h1-10H. The lowest BCUT2D eigenvalue weighted by Crippen LogP contribution is -2.01. The van der Waals surface area contributed by atoms with Crippen molar-refractivity contribution in [3.63, 3.8) is 0 Å². The summed E-state index contributed by atoms with van der Waals surface area (Å²) in [6.45, 7) is 0. The van der Waals surface area contributed by atoms with Crippen LogP contribution < -0.4 is 0 Å². The van der Waals surface area contributed by atoms with Gasteiger partial charge < -0.3 is 0 Å². The van der Waals surface area contributed by atoms with E-state index in [4.69, 9.17) is 0 Å². The third-order valence-electron chi connectivity index (χ3n) is 3.14. The van der Waals surface area contributed by atoms with E-state index in [1.54, 1.807) is 12.1 Å². The van der Waals surface area contributed by atoms with Crippen LogP contribution in [0.4, 0.5) is 5.69 Å². The van der Waals surface area contributed by atoms with E-state index in [0.29, 0.717) is 17.7 Å². The predicted octanol–water partition coefficient (Wildman–Crippen LogP) is 2.66. The minimum absolute atomic E-state index is 0.0559. The van der Waals surface area contributed by atoms with Crippen molar-refractivity contribution < 1.29 is 9.72 Å². The van der Waals surface area contributed by atoms with Gasteiger partial charge in [0.05, 0.1) is 10.6 Å². The van der Waals surface area contributed by atoms with E-state index >= 15 is 0 Å². The van der Waals surface area contributed by atoms with Gasteiger partial charge in [-0.25, -0.2) is 4.68 Å². The molecule has 0 aliphatic carbocycles. The maximum atomic E-state index is 11.2. The lowest BCUT2D eigenvalue weighted by molar-refractivity contribution is -0.384. The number of nitro groups is 1. The van der Waals surface area contributed by atoms with Crippen LogP contribution >= 0.6 is 0 Å². The second kappa shape index (κ2) is 5.57. The molecule has 0 atom stereocenters. The lowest BCUT2D eigenvalue weighted by Gasteiger charge is -2.06. The van der Waals surface area contributed by atoms with E-state index in [-0.39, 0.29) is 11.4 Å². The van der Waals surface area contributed by atoms with Crippen LogP contribution in [0.5, 0.6) is 0 Å². The number of nitrogens with zero attached hydrogens (tertiary/aromatic N) is 4. The molecule has 1 aromatic heterocycles. The molecule has 0 spiro atoms. The summed E-state index contributed by atoms with van der Waals surface area (Å²) in [5.41, 5.74) is 1.84. The first-order chi connectivity index (χ1) is 10.7. The van der Waals surface area contributed by atoms with Crippen LogP contribution in [0.25, 0.3) is 16.9 Å². The molecule has 22 heavy (non-hydrogen) atoms. The van der Waals surface area contributed by atoms with Crippen molar-refractivity contribution in [2.24, 2.45) is 0 Å². The van der Waals surface area contributed by atoms with Gasteiger partial charge >= 0.3 is 0 Å². The van der Waals surface area contributed by atoms with E-state index in [2.05, 4.69) is 10.3 Å². The zero-order chi connectivity index (χ0) is 15.5. The molecule has 0 bridgehead atoms. The Kier molecular flexibility index (Phi) is 3.45. The van der Waals surface area contributed by atoms with Gasteiger partial charge in [-0.2, -0.15) is 0 Å². The van der Waals surface area contributed by atoms with Crippen molar-refractivity contribution in [1.29, 1.82) is 0 Å². The fraction of sp³-hybridized carbons (Fsp3) is 0. The van der Waals surface area contributed by atoms with Crippen molar-refractivity contribution in [3.8, 4) is 16.9 Å². The van der Waals surface area contributed by atoms with Gasteiger partial charge in [0.15, 0.2) is 12.0 Å². The Morgan fingerprint density at radius 1 is 1.09 bits per heavy atom. The Balaban J connectivity index is 2.20. The molecular weight excluding hydrogens is 284 g/mol. The van der Waals surface area contributed by atoms with Crippen molar-refractivity contribution in [1.82, 2.24) is 15.0 Å². The molecule has 3 aromatic rings. The maximum absolute atomic E-state index is 11.2. The molecule has 0 radical (unpaired) electrons. The van der Waals surface area contributed by atoms with E-state index in [0.717, 1.165) is 5.56 Å². The number of aromatic nitrogens is 3. The fourth-order valence-corrected chi connectivity index (χ4v) is 2.16. The number of aldehydes is 1. The zero-order valence-corrected chi connectivity index (χ0v) is 11.3. The van der Waals surface area contributed by atoms with Gasteiger partial charge in [0.25, 0.3) is 5.69 Å². The quantitative estimate of drug-likeness (QED) is 0.419. The highest BCUT2D eigenvalue weighted by molar-refractivity contribution is 5.84. The SMILES string of the molecule is O=Cc1nnn(-c2cccc([N+](=O)[O-])c2)c1-c1ccccc1. The van der Waals surface area contributed by atoms with Crippen LogP contribution in [0, 0.1) is 10.1 Å². The summed E-state index contributed by atoms with van der Waals surface area (Å²) in [4.78, 5) is 21.6. The third kappa shape index (κ3) is 2.35. The van der Waals surface area contributed by atoms with Crippen molar-refractivity contribution in [3.05, 3.63) is 70.4 Å². The largest absolute Gasteiger partial charge is 0.296 e. The lowest BCUT2D eigenvalue weighted by atomic mass is 10.1. The molecular formula is C15H10N4O3. The molecule has 0 unspecified atom stereocenters.